The van der Waals surface area contributed by atoms with Gasteiger partial charge in [-0.2, -0.15) is 0 Å². The molecule has 1 unspecified atom stereocenters. The molecule has 13 heavy (non-hydrogen) atoms. The molecule has 0 radical (unpaired) electrons. The summed E-state index contributed by atoms with van der Waals surface area (Å²) in [6.45, 7) is 9.66. The minimum Gasteiger partial charge on any atom is -0.310 e. The molecular formula is C12H19N. The van der Waals surface area contributed by atoms with Crippen LogP contribution < -0.4 is 5.32 Å². The molecule has 1 atom stereocenters. The van der Waals surface area contributed by atoms with Crippen LogP contribution in [-0.2, 0) is 0 Å². The van der Waals surface area contributed by atoms with Crippen LogP contribution in [0.25, 0.3) is 0 Å². The number of benzene rings is 1. The summed E-state index contributed by atoms with van der Waals surface area (Å²) in [5, 5.41) is 3.42. The van der Waals surface area contributed by atoms with E-state index in [9.17, 15) is 0 Å². The number of nitrogens with one attached hydrogen (secondary N) is 1. The van der Waals surface area contributed by atoms with E-state index in [0.29, 0.717) is 6.04 Å². The fraction of sp³-hybridized carbons (Fsp3) is 0.500. The van der Waals surface area contributed by atoms with Gasteiger partial charge in [0.05, 0.1) is 0 Å². The van der Waals surface area contributed by atoms with Gasteiger partial charge in [0.1, 0.15) is 0 Å². The molecule has 0 aliphatic heterocycles. The van der Waals surface area contributed by atoms with Crippen LogP contribution in [0.15, 0.2) is 18.2 Å². The third kappa shape index (κ3) is 2.85. The van der Waals surface area contributed by atoms with Crippen molar-refractivity contribution in [2.24, 2.45) is 0 Å². The molecule has 0 spiro atoms. The summed E-state index contributed by atoms with van der Waals surface area (Å²) in [5.74, 6) is 0. The molecule has 0 saturated carbocycles. The van der Waals surface area contributed by atoms with Gasteiger partial charge in [-0.3, -0.25) is 0 Å². The van der Waals surface area contributed by atoms with Crippen LogP contribution in [0.1, 0.15) is 36.6 Å². The molecule has 0 amide bonds. The minimum absolute atomic E-state index is 0.462. The van der Waals surface area contributed by atoms with Crippen molar-refractivity contribution in [2.45, 2.75) is 33.7 Å². The van der Waals surface area contributed by atoms with Gasteiger partial charge >= 0.3 is 0 Å². The van der Waals surface area contributed by atoms with Gasteiger partial charge in [-0.1, -0.05) is 36.2 Å². The molecule has 1 aromatic rings. The second-order valence-corrected chi connectivity index (χ2v) is 3.70. The Kier molecular flexibility index (Phi) is 3.49. The largest absolute Gasteiger partial charge is 0.310 e. The van der Waals surface area contributed by atoms with Crippen LogP contribution in [0.3, 0.4) is 0 Å². The summed E-state index contributed by atoms with van der Waals surface area (Å²) < 4.78 is 0. The Balaban J connectivity index is 2.87. The van der Waals surface area contributed by atoms with E-state index >= 15 is 0 Å². The molecule has 1 aromatic carbocycles. The van der Waals surface area contributed by atoms with Gasteiger partial charge in [-0.25, -0.2) is 0 Å². The highest BCUT2D eigenvalue weighted by molar-refractivity contribution is 5.30. The summed E-state index contributed by atoms with van der Waals surface area (Å²) in [7, 11) is 0. The second kappa shape index (κ2) is 4.43. The fourth-order valence-corrected chi connectivity index (χ4v) is 1.68. The first-order valence-electron chi connectivity index (χ1n) is 4.95. The zero-order valence-electron chi connectivity index (χ0n) is 9.02. The van der Waals surface area contributed by atoms with Crippen molar-refractivity contribution in [3.8, 4) is 0 Å². The predicted octanol–water partition coefficient (Wildman–Crippen LogP) is 2.97. The lowest BCUT2D eigenvalue weighted by Gasteiger charge is -2.14. The van der Waals surface area contributed by atoms with E-state index in [1.165, 1.54) is 16.7 Å². The number of hydrogen-bond acceptors (Lipinski definition) is 1. The summed E-state index contributed by atoms with van der Waals surface area (Å²) >= 11 is 0. The first-order chi connectivity index (χ1) is 6.13. The van der Waals surface area contributed by atoms with E-state index in [2.05, 4.69) is 51.2 Å². The lowest BCUT2D eigenvalue weighted by molar-refractivity contribution is 0.597. The molecule has 0 aromatic heterocycles. The Labute approximate surface area is 81.2 Å². The third-order valence-electron chi connectivity index (χ3n) is 2.25. The van der Waals surface area contributed by atoms with Gasteiger partial charge in [0, 0.05) is 6.04 Å². The van der Waals surface area contributed by atoms with Crippen LogP contribution in [0.4, 0.5) is 0 Å². The standard InChI is InChI=1S/C12H19N/c1-5-13-11(4)12-7-9(2)6-10(3)8-12/h6-8,11,13H,5H2,1-4H3. The average Bonchev–Trinajstić information content (AvgIpc) is 2.03. The zero-order valence-corrected chi connectivity index (χ0v) is 9.02. The summed E-state index contributed by atoms with van der Waals surface area (Å²) in [6.07, 6.45) is 0. The van der Waals surface area contributed by atoms with Crippen molar-refractivity contribution >= 4 is 0 Å². The molecule has 0 heterocycles. The first kappa shape index (κ1) is 10.3. The fourth-order valence-electron chi connectivity index (χ4n) is 1.68. The van der Waals surface area contributed by atoms with Crippen LogP contribution in [0.2, 0.25) is 0 Å². The molecule has 1 N–H and O–H groups in total. The Hall–Kier alpha value is -0.820. The van der Waals surface area contributed by atoms with Gasteiger partial charge in [0.25, 0.3) is 0 Å². The number of hydrogen-bond donors (Lipinski definition) is 1. The van der Waals surface area contributed by atoms with E-state index in [4.69, 9.17) is 0 Å². The molecule has 1 nitrogen and oxygen atoms in total. The molecule has 1 rings (SSSR count). The number of rotatable bonds is 3. The van der Waals surface area contributed by atoms with Gasteiger partial charge in [-0.15, -0.1) is 0 Å². The smallest absolute Gasteiger partial charge is 0.0291 e. The molecule has 0 fully saturated rings. The average molecular weight is 177 g/mol. The molecule has 72 valence electrons. The maximum atomic E-state index is 3.42. The molecule has 0 bridgehead atoms. The van der Waals surface area contributed by atoms with E-state index in [1.807, 2.05) is 0 Å². The Morgan fingerprint density at radius 1 is 1.15 bits per heavy atom. The topological polar surface area (TPSA) is 12.0 Å². The molecule has 0 aliphatic carbocycles. The lowest BCUT2D eigenvalue weighted by Crippen LogP contribution is -2.17. The van der Waals surface area contributed by atoms with Gasteiger partial charge in [-0.05, 0) is 32.9 Å². The monoisotopic (exact) mass is 177 g/mol. The highest BCUT2D eigenvalue weighted by atomic mass is 14.9. The van der Waals surface area contributed by atoms with Crippen molar-refractivity contribution in [1.29, 1.82) is 0 Å². The first-order valence-corrected chi connectivity index (χ1v) is 4.95. The second-order valence-electron chi connectivity index (χ2n) is 3.70. The van der Waals surface area contributed by atoms with Gasteiger partial charge < -0.3 is 5.32 Å². The normalized spacial score (nSPS) is 12.9. The van der Waals surface area contributed by atoms with Gasteiger partial charge in [0.2, 0.25) is 0 Å². The quantitative estimate of drug-likeness (QED) is 0.748. The van der Waals surface area contributed by atoms with Crippen LogP contribution in [0.5, 0.6) is 0 Å². The molecule has 0 aliphatic rings. The Morgan fingerprint density at radius 3 is 2.15 bits per heavy atom. The lowest BCUT2D eigenvalue weighted by atomic mass is 10.0. The van der Waals surface area contributed by atoms with Crippen molar-refractivity contribution in [2.75, 3.05) is 6.54 Å². The predicted molar refractivity (Wildman–Crippen MR) is 58.0 cm³/mol. The van der Waals surface area contributed by atoms with Crippen LogP contribution in [-0.4, -0.2) is 6.54 Å². The molecule has 0 saturated heterocycles. The van der Waals surface area contributed by atoms with Crippen molar-refractivity contribution < 1.29 is 0 Å². The van der Waals surface area contributed by atoms with E-state index < -0.39 is 0 Å². The zero-order chi connectivity index (χ0) is 9.84. The van der Waals surface area contributed by atoms with Crippen molar-refractivity contribution in [1.82, 2.24) is 5.32 Å². The SMILES string of the molecule is CCNC(C)c1cc(C)cc(C)c1. The van der Waals surface area contributed by atoms with E-state index in [0.717, 1.165) is 6.54 Å². The van der Waals surface area contributed by atoms with E-state index in [-0.39, 0.29) is 0 Å². The summed E-state index contributed by atoms with van der Waals surface area (Å²) in [6, 6.07) is 7.17. The summed E-state index contributed by atoms with van der Waals surface area (Å²) in [4.78, 5) is 0. The van der Waals surface area contributed by atoms with Gasteiger partial charge in [0.15, 0.2) is 0 Å². The van der Waals surface area contributed by atoms with Crippen molar-refractivity contribution in [3.63, 3.8) is 0 Å². The number of aryl methyl sites for hydroxylation is 2. The Morgan fingerprint density at radius 2 is 1.69 bits per heavy atom. The third-order valence-corrected chi connectivity index (χ3v) is 2.25. The highest BCUT2D eigenvalue weighted by Gasteiger charge is 2.03. The highest BCUT2D eigenvalue weighted by Crippen LogP contribution is 2.15. The molecule has 1 heteroatoms. The Bertz CT molecular complexity index is 258. The molecular weight excluding hydrogens is 158 g/mol. The van der Waals surface area contributed by atoms with Crippen LogP contribution in [0, 0.1) is 13.8 Å². The maximum absolute atomic E-state index is 3.42. The van der Waals surface area contributed by atoms with Crippen LogP contribution >= 0.6 is 0 Å². The van der Waals surface area contributed by atoms with E-state index in [1.54, 1.807) is 0 Å². The maximum Gasteiger partial charge on any atom is 0.0291 e. The summed E-state index contributed by atoms with van der Waals surface area (Å²) in [5.41, 5.74) is 4.08. The minimum atomic E-state index is 0.462. The van der Waals surface area contributed by atoms with Crippen molar-refractivity contribution in [3.05, 3.63) is 34.9 Å².